The molecular formula is C17H17N3O2S. The minimum absolute atomic E-state index is 0.229. The van der Waals surface area contributed by atoms with Gasteiger partial charge in [0.1, 0.15) is 15.5 Å². The molecule has 0 aliphatic rings. The van der Waals surface area contributed by atoms with Gasteiger partial charge in [0.25, 0.3) is 5.91 Å². The van der Waals surface area contributed by atoms with E-state index < -0.39 is 0 Å². The lowest BCUT2D eigenvalue weighted by Gasteiger charge is -2.06. The maximum Gasteiger partial charge on any atom is 0.267 e. The Balaban J connectivity index is 1.84. The van der Waals surface area contributed by atoms with Gasteiger partial charge < -0.3 is 15.8 Å². The second kappa shape index (κ2) is 6.26. The van der Waals surface area contributed by atoms with E-state index in [-0.39, 0.29) is 5.91 Å². The highest BCUT2D eigenvalue weighted by atomic mass is 32.1. The lowest BCUT2D eigenvalue weighted by molar-refractivity contribution is 0.103. The molecule has 0 aliphatic carbocycles. The summed E-state index contributed by atoms with van der Waals surface area (Å²) in [5.74, 6) is 0.541. The van der Waals surface area contributed by atoms with Crippen molar-refractivity contribution >= 4 is 38.8 Å². The van der Waals surface area contributed by atoms with Crippen molar-refractivity contribution in [1.82, 2.24) is 4.98 Å². The van der Waals surface area contributed by atoms with Crippen LogP contribution in [-0.4, -0.2) is 17.5 Å². The number of aromatic nitrogens is 1. The third-order valence-corrected chi connectivity index (χ3v) is 4.48. The van der Waals surface area contributed by atoms with Gasteiger partial charge in [-0.2, -0.15) is 0 Å². The van der Waals surface area contributed by atoms with Crippen LogP contribution in [0.4, 0.5) is 11.4 Å². The lowest BCUT2D eigenvalue weighted by atomic mass is 10.2. The Labute approximate surface area is 138 Å². The van der Waals surface area contributed by atoms with Crippen LogP contribution in [0.25, 0.3) is 10.2 Å². The number of nitrogens with two attached hydrogens (primary N) is 1. The molecule has 3 rings (SSSR count). The van der Waals surface area contributed by atoms with Crippen molar-refractivity contribution in [2.24, 2.45) is 0 Å². The Morgan fingerprint density at radius 2 is 2.00 bits per heavy atom. The number of nitrogens with one attached hydrogen (secondary N) is 1. The van der Waals surface area contributed by atoms with Crippen LogP contribution in [0, 0.1) is 6.92 Å². The largest absolute Gasteiger partial charge is 0.494 e. The highest BCUT2D eigenvalue weighted by molar-refractivity contribution is 7.21. The van der Waals surface area contributed by atoms with E-state index >= 15 is 0 Å². The number of benzene rings is 1. The highest BCUT2D eigenvalue weighted by Crippen LogP contribution is 2.33. The van der Waals surface area contributed by atoms with Crippen molar-refractivity contribution in [2.45, 2.75) is 13.8 Å². The zero-order valence-electron chi connectivity index (χ0n) is 12.9. The van der Waals surface area contributed by atoms with Gasteiger partial charge in [-0.15, -0.1) is 11.3 Å². The number of nitrogen functional groups attached to an aromatic ring is 1. The average Bonchev–Trinajstić information content (AvgIpc) is 2.86. The molecule has 1 aromatic carbocycles. The SMILES string of the molecule is CCOc1ccc(NC(=O)c2sc3nc(C)ccc3c2N)cc1. The van der Waals surface area contributed by atoms with Crippen LogP contribution in [0.15, 0.2) is 36.4 Å². The third kappa shape index (κ3) is 3.12. The Kier molecular flexibility index (Phi) is 4.16. The summed E-state index contributed by atoms with van der Waals surface area (Å²) in [6.07, 6.45) is 0. The summed E-state index contributed by atoms with van der Waals surface area (Å²) in [4.78, 5) is 18.1. The summed E-state index contributed by atoms with van der Waals surface area (Å²) >= 11 is 1.30. The average molecular weight is 327 g/mol. The number of pyridine rings is 1. The number of amides is 1. The first-order valence-electron chi connectivity index (χ1n) is 7.28. The molecule has 118 valence electrons. The fourth-order valence-electron chi connectivity index (χ4n) is 2.25. The quantitative estimate of drug-likeness (QED) is 0.763. The first kappa shape index (κ1) is 15.3. The smallest absolute Gasteiger partial charge is 0.267 e. The molecule has 0 bridgehead atoms. The number of hydrogen-bond acceptors (Lipinski definition) is 5. The Morgan fingerprint density at radius 1 is 1.26 bits per heavy atom. The summed E-state index contributed by atoms with van der Waals surface area (Å²) in [5.41, 5.74) is 8.16. The molecule has 3 N–H and O–H groups in total. The molecule has 2 aromatic heterocycles. The molecule has 0 saturated carbocycles. The van der Waals surface area contributed by atoms with E-state index in [2.05, 4.69) is 10.3 Å². The lowest BCUT2D eigenvalue weighted by Crippen LogP contribution is -2.11. The van der Waals surface area contributed by atoms with E-state index in [9.17, 15) is 4.79 Å². The maximum atomic E-state index is 12.5. The monoisotopic (exact) mass is 327 g/mol. The van der Waals surface area contributed by atoms with E-state index in [1.54, 1.807) is 12.1 Å². The number of anilines is 2. The Bertz CT molecular complexity index is 856. The first-order valence-corrected chi connectivity index (χ1v) is 8.10. The highest BCUT2D eigenvalue weighted by Gasteiger charge is 2.17. The predicted octanol–water partition coefficient (Wildman–Crippen LogP) is 3.84. The Hall–Kier alpha value is -2.60. The van der Waals surface area contributed by atoms with E-state index in [0.717, 1.165) is 21.7 Å². The van der Waals surface area contributed by atoms with Crippen LogP contribution >= 0.6 is 11.3 Å². The number of aryl methyl sites for hydroxylation is 1. The van der Waals surface area contributed by atoms with E-state index in [0.29, 0.717) is 22.9 Å². The summed E-state index contributed by atoms with van der Waals surface area (Å²) in [5, 5.41) is 3.67. The zero-order chi connectivity index (χ0) is 16.4. The number of rotatable bonds is 4. The molecule has 0 radical (unpaired) electrons. The predicted molar refractivity (Wildman–Crippen MR) is 94.3 cm³/mol. The fourth-order valence-corrected chi connectivity index (χ4v) is 3.28. The van der Waals surface area contributed by atoms with E-state index in [1.165, 1.54) is 11.3 Å². The van der Waals surface area contributed by atoms with Gasteiger partial charge >= 0.3 is 0 Å². The number of carbonyl (C=O) groups is 1. The van der Waals surface area contributed by atoms with Crippen molar-refractivity contribution < 1.29 is 9.53 Å². The molecular weight excluding hydrogens is 310 g/mol. The molecule has 0 atom stereocenters. The third-order valence-electron chi connectivity index (χ3n) is 3.36. The molecule has 0 spiro atoms. The van der Waals surface area contributed by atoms with E-state index in [4.69, 9.17) is 10.5 Å². The molecule has 3 aromatic rings. The molecule has 1 amide bonds. The van der Waals surface area contributed by atoms with Crippen LogP contribution in [0.2, 0.25) is 0 Å². The molecule has 23 heavy (non-hydrogen) atoms. The zero-order valence-corrected chi connectivity index (χ0v) is 13.7. The van der Waals surface area contributed by atoms with Crippen molar-refractivity contribution in [3.63, 3.8) is 0 Å². The van der Waals surface area contributed by atoms with Gasteiger partial charge in [0.2, 0.25) is 0 Å². The standard InChI is InChI=1S/C17H17N3O2S/c1-3-22-12-7-5-11(6-8-12)20-16(21)15-14(18)13-9-4-10(2)19-17(13)23-15/h4-9H,3,18H2,1-2H3,(H,20,21). The van der Waals surface area contributed by atoms with Crippen LogP contribution in [0.1, 0.15) is 22.3 Å². The Morgan fingerprint density at radius 3 is 2.70 bits per heavy atom. The van der Waals surface area contributed by atoms with E-state index in [1.807, 2.05) is 38.1 Å². The van der Waals surface area contributed by atoms with Gasteiger partial charge in [0.15, 0.2) is 0 Å². The normalized spacial score (nSPS) is 10.7. The topological polar surface area (TPSA) is 77.2 Å². The molecule has 0 fully saturated rings. The van der Waals surface area contributed by atoms with Crippen molar-refractivity contribution in [1.29, 1.82) is 0 Å². The molecule has 6 heteroatoms. The molecule has 2 heterocycles. The van der Waals surface area contributed by atoms with Gasteiger partial charge in [-0.3, -0.25) is 4.79 Å². The first-order chi connectivity index (χ1) is 11.1. The minimum atomic E-state index is -0.229. The molecule has 0 saturated heterocycles. The number of thiophene rings is 1. The summed E-state index contributed by atoms with van der Waals surface area (Å²) in [7, 11) is 0. The van der Waals surface area contributed by atoms with Gasteiger partial charge in [-0.1, -0.05) is 0 Å². The summed E-state index contributed by atoms with van der Waals surface area (Å²) in [6, 6.07) is 11.0. The van der Waals surface area contributed by atoms with Gasteiger partial charge in [0.05, 0.1) is 12.3 Å². The van der Waals surface area contributed by atoms with Gasteiger partial charge in [-0.25, -0.2) is 4.98 Å². The maximum absolute atomic E-state index is 12.5. The molecule has 5 nitrogen and oxygen atoms in total. The van der Waals surface area contributed by atoms with Crippen LogP contribution in [-0.2, 0) is 0 Å². The fraction of sp³-hybridized carbons (Fsp3) is 0.176. The molecule has 0 unspecified atom stereocenters. The molecule has 0 aliphatic heterocycles. The number of fused-ring (bicyclic) bond motifs is 1. The van der Waals surface area contributed by atoms with Crippen LogP contribution < -0.4 is 15.8 Å². The van der Waals surface area contributed by atoms with Gasteiger partial charge in [-0.05, 0) is 50.2 Å². The number of hydrogen-bond donors (Lipinski definition) is 2. The second-order valence-electron chi connectivity index (χ2n) is 5.06. The summed E-state index contributed by atoms with van der Waals surface area (Å²) < 4.78 is 5.38. The number of ether oxygens (including phenoxy) is 1. The number of nitrogens with zero attached hydrogens (tertiary/aromatic N) is 1. The van der Waals surface area contributed by atoms with Crippen molar-refractivity contribution in [3.8, 4) is 5.75 Å². The number of carbonyl (C=O) groups excluding carboxylic acids is 1. The second-order valence-corrected chi connectivity index (χ2v) is 6.06. The summed E-state index contributed by atoms with van der Waals surface area (Å²) in [6.45, 7) is 4.45. The van der Waals surface area contributed by atoms with Crippen LogP contribution in [0.3, 0.4) is 0 Å². The van der Waals surface area contributed by atoms with Gasteiger partial charge in [0, 0.05) is 16.8 Å². The van der Waals surface area contributed by atoms with Crippen molar-refractivity contribution in [2.75, 3.05) is 17.7 Å². The minimum Gasteiger partial charge on any atom is -0.494 e. The van der Waals surface area contributed by atoms with Crippen LogP contribution in [0.5, 0.6) is 5.75 Å². The van der Waals surface area contributed by atoms with Crippen molar-refractivity contribution in [3.05, 3.63) is 47.0 Å².